The van der Waals surface area contributed by atoms with Crippen LogP contribution >= 0.6 is 39.0 Å². The van der Waals surface area contributed by atoms with Gasteiger partial charge in [0.05, 0.1) is 0 Å². The van der Waals surface area contributed by atoms with E-state index in [0.29, 0.717) is 21.7 Å². The number of nitrogens with zero attached hydrogens (tertiary/aromatic N) is 8. The minimum atomic E-state index is -0.446. The predicted octanol–water partition coefficient (Wildman–Crippen LogP) is 9.19. The summed E-state index contributed by atoms with van der Waals surface area (Å²) in [5.41, 5.74) is 1.73. The molecule has 63 heavy (non-hydrogen) atoms. The van der Waals surface area contributed by atoms with Crippen molar-refractivity contribution >= 4 is 70.9 Å². The minimum absolute atomic E-state index is 0. The summed E-state index contributed by atoms with van der Waals surface area (Å²) in [5.74, 6) is 1.04. The van der Waals surface area contributed by atoms with E-state index in [9.17, 15) is 0 Å². The Labute approximate surface area is 393 Å². The van der Waals surface area contributed by atoms with Gasteiger partial charge in [-0.3, -0.25) is 20.6 Å². The van der Waals surface area contributed by atoms with E-state index in [4.69, 9.17) is 23.2 Å². The maximum absolute atomic E-state index is 5.70. The molecule has 0 aliphatic heterocycles. The molecule has 312 valence electrons. The first kappa shape index (κ1) is 46.5. The van der Waals surface area contributed by atoms with Gasteiger partial charge in [-0.15, -0.1) is 0 Å². The van der Waals surface area contributed by atoms with Gasteiger partial charge in [0.15, 0.2) is 0 Å². The molecule has 0 bridgehead atoms. The third-order valence-electron chi connectivity index (χ3n) is 8.93. The van der Waals surface area contributed by atoms with Crippen LogP contribution in [0.15, 0.2) is 231 Å². The van der Waals surface area contributed by atoms with Crippen LogP contribution in [0, 0.1) is 0 Å². The summed E-state index contributed by atoms with van der Waals surface area (Å²) in [5, 5.41) is 38.1. The molecule has 0 saturated carbocycles. The van der Waals surface area contributed by atoms with Gasteiger partial charge in [-0.05, 0) is 83.1 Å². The Morgan fingerprint density at radius 1 is 0.302 bits per heavy atom. The van der Waals surface area contributed by atoms with Crippen LogP contribution in [0.4, 0.5) is 0 Å². The molecule has 0 radical (unpaired) electrons. The Morgan fingerprint density at radius 2 is 0.524 bits per heavy atom. The Balaban J connectivity index is 0.000000142. The van der Waals surface area contributed by atoms with E-state index in [2.05, 4.69) is 223 Å². The molecule has 10 aromatic rings. The smallest absolute Gasteiger partial charge is 0.330 e. The molecule has 0 fully saturated rings. The second-order valence-corrected chi connectivity index (χ2v) is 18.4. The number of tetrazole rings is 2. The molecule has 2 heterocycles. The van der Waals surface area contributed by atoms with Gasteiger partial charge < -0.3 is 10.2 Å². The first-order valence-corrected chi connectivity index (χ1v) is 22.9. The van der Waals surface area contributed by atoms with E-state index in [1.165, 1.54) is 31.8 Å². The van der Waals surface area contributed by atoms with Crippen LogP contribution in [-0.2, 0) is 20.4 Å². The molecule has 0 aliphatic rings. The van der Waals surface area contributed by atoms with Crippen molar-refractivity contribution in [2.24, 2.45) is 0 Å². The Kier molecular flexibility index (Phi) is 18.6. The quantitative estimate of drug-likeness (QED) is 0.110. The monoisotopic (exact) mass is 988 g/mol. The van der Waals surface area contributed by atoms with Crippen molar-refractivity contribution in [1.82, 2.24) is 41.2 Å². The summed E-state index contributed by atoms with van der Waals surface area (Å²) >= 11 is 11.4. The number of halogens is 2. The van der Waals surface area contributed by atoms with Crippen molar-refractivity contribution in [1.29, 1.82) is 0 Å². The summed E-state index contributed by atoms with van der Waals surface area (Å²) in [7, 11) is -0.892. The molecule has 10 rings (SSSR count). The van der Waals surface area contributed by atoms with Crippen LogP contribution in [0.25, 0.3) is 22.8 Å². The van der Waals surface area contributed by atoms with Crippen LogP contribution in [0.3, 0.4) is 0 Å². The fraction of sp³-hybridized carbons (Fsp3) is 0. The van der Waals surface area contributed by atoms with Gasteiger partial charge in [-0.25, -0.2) is 0 Å². The summed E-state index contributed by atoms with van der Waals surface area (Å²) in [6, 6.07) is 79.0. The van der Waals surface area contributed by atoms with E-state index >= 15 is 0 Å². The topological polar surface area (TPSA) is 106 Å². The van der Waals surface area contributed by atoms with E-state index in [0.717, 1.165) is 11.1 Å². The van der Waals surface area contributed by atoms with Gasteiger partial charge >= 0.3 is 20.4 Å². The van der Waals surface area contributed by atoms with Gasteiger partial charge in [0.2, 0.25) is 0 Å². The van der Waals surface area contributed by atoms with Crippen molar-refractivity contribution in [2.45, 2.75) is 0 Å². The minimum Gasteiger partial charge on any atom is -0.330 e. The van der Waals surface area contributed by atoms with Gasteiger partial charge in [0.25, 0.3) is 0 Å². The van der Waals surface area contributed by atoms with E-state index in [1.807, 2.05) is 24.3 Å². The Morgan fingerprint density at radius 3 is 0.714 bits per heavy atom. The molecular weight excluding hydrogens is 952 g/mol. The molecule has 0 amide bonds. The van der Waals surface area contributed by atoms with Crippen molar-refractivity contribution < 1.29 is 20.4 Å². The number of benzene rings is 8. The van der Waals surface area contributed by atoms with Gasteiger partial charge in [0, 0.05) is 21.7 Å². The normalized spacial score (nSPS) is 10.2. The summed E-state index contributed by atoms with van der Waals surface area (Å²) in [4.78, 5) is 0. The van der Waals surface area contributed by atoms with Crippen LogP contribution < -0.4 is 42.0 Å². The third-order valence-corrected chi connectivity index (χ3v) is 14.3. The maximum Gasteiger partial charge on any atom is 2.00 e. The molecule has 0 atom stereocenters. The average molecular weight is 990 g/mol. The molecule has 0 N–H and O–H groups in total. The fourth-order valence-electron chi connectivity index (χ4n) is 6.08. The largest absolute Gasteiger partial charge is 2.00 e. The summed E-state index contributed by atoms with van der Waals surface area (Å²) < 4.78 is 0. The van der Waals surface area contributed by atoms with Crippen LogP contribution in [0.5, 0.6) is 0 Å². The second kappa shape index (κ2) is 25.2. The molecule has 0 aliphatic carbocycles. The summed E-state index contributed by atoms with van der Waals surface area (Å²) in [6.45, 7) is 0. The molecule has 8 nitrogen and oxygen atoms in total. The van der Waals surface area contributed by atoms with E-state index in [1.54, 1.807) is 24.3 Å². The summed E-state index contributed by atoms with van der Waals surface area (Å²) in [6.07, 6.45) is 0. The number of hydrogen-bond acceptors (Lipinski definition) is 6. The first-order valence-electron chi connectivity index (χ1n) is 19.4. The zero-order valence-corrected chi connectivity index (χ0v) is 38.3. The average Bonchev–Trinajstić information content (AvgIpc) is 4.10. The SMILES string of the molecule is Clc1ccc(-c2nnn[n-]2)cc1.Clc1ccc(-c2nnn[n-]2)cc1.[Pd+2].c1ccc(P(c2ccccc2)c2ccccc2)cc1.c1ccc(P(c2ccccc2)c2ccccc2)cc1. The zero-order chi connectivity index (χ0) is 42.6. The molecule has 0 saturated heterocycles. The van der Waals surface area contributed by atoms with Crippen LogP contribution in [-0.4, -0.2) is 31.1 Å². The molecule has 8 aromatic carbocycles. The third kappa shape index (κ3) is 14.0. The van der Waals surface area contributed by atoms with Gasteiger partial charge in [-0.2, -0.15) is 10.4 Å². The fourth-order valence-corrected chi connectivity index (χ4v) is 10.9. The Bertz CT molecular complexity index is 2350. The molecular formula is C50H38Cl2N8P2Pd. The molecule has 2 aromatic heterocycles. The standard InChI is InChI=1S/2C18H15P.2C7H4ClN4.Pd/c2*1-4-10-16(11-5-1)19(17-12-6-2-7-13-17)18-14-8-3-9-15-18;2*8-6-3-1-5(2-4-6)7-9-11-12-10-7;/h2*1-15H;2*1-4H;/q;;2*-1;+2. The van der Waals surface area contributed by atoms with E-state index in [-0.39, 0.29) is 20.4 Å². The molecule has 0 spiro atoms. The van der Waals surface area contributed by atoms with Gasteiger partial charge in [0.1, 0.15) is 0 Å². The van der Waals surface area contributed by atoms with Crippen LogP contribution in [0.1, 0.15) is 0 Å². The predicted molar refractivity (Wildman–Crippen MR) is 257 cm³/mol. The van der Waals surface area contributed by atoms with Crippen molar-refractivity contribution in [3.8, 4) is 22.8 Å². The number of rotatable bonds is 8. The molecule has 13 heteroatoms. The second-order valence-electron chi connectivity index (χ2n) is 13.1. The van der Waals surface area contributed by atoms with Crippen molar-refractivity contribution in [3.05, 3.63) is 241 Å². The Hall–Kier alpha value is -6.00. The van der Waals surface area contributed by atoms with Crippen LogP contribution in [0.2, 0.25) is 10.0 Å². The van der Waals surface area contributed by atoms with Crippen molar-refractivity contribution in [2.75, 3.05) is 0 Å². The number of aromatic nitrogens is 8. The molecule has 0 unspecified atom stereocenters. The first-order chi connectivity index (χ1) is 30.6. The number of hydrogen-bond donors (Lipinski definition) is 0. The van der Waals surface area contributed by atoms with Gasteiger partial charge in [-0.1, -0.05) is 229 Å². The maximum atomic E-state index is 5.70. The van der Waals surface area contributed by atoms with Crippen molar-refractivity contribution in [3.63, 3.8) is 0 Å². The zero-order valence-electron chi connectivity index (χ0n) is 33.5. The van der Waals surface area contributed by atoms with E-state index < -0.39 is 15.8 Å².